The van der Waals surface area contributed by atoms with Gasteiger partial charge in [0.2, 0.25) is 0 Å². The summed E-state index contributed by atoms with van der Waals surface area (Å²) in [7, 11) is 2.06. The fourth-order valence-corrected chi connectivity index (χ4v) is 5.28. The molecule has 2 heterocycles. The first kappa shape index (κ1) is 23.4. The summed E-state index contributed by atoms with van der Waals surface area (Å²) < 4.78 is 7.39. The molecule has 5 heteroatoms. The minimum Gasteiger partial charge on any atom is -0.378 e. The Morgan fingerprint density at radius 1 is 1.06 bits per heavy atom. The Kier molecular flexibility index (Phi) is 6.78. The van der Waals surface area contributed by atoms with Crippen molar-refractivity contribution in [3.05, 3.63) is 82.7 Å². The van der Waals surface area contributed by atoms with Crippen molar-refractivity contribution in [2.24, 2.45) is 0 Å². The van der Waals surface area contributed by atoms with Crippen molar-refractivity contribution in [2.75, 3.05) is 43.2 Å². The second-order valence-electron chi connectivity index (χ2n) is 9.47. The van der Waals surface area contributed by atoms with Crippen LogP contribution in [-0.4, -0.2) is 37.9 Å². The minimum atomic E-state index is 0.0418. The fraction of sp³-hybridized carbons (Fsp3) is 0.367. The zero-order valence-electron chi connectivity index (χ0n) is 20.9. The summed E-state index contributed by atoms with van der Waals surface area (Å²) in [6, 6.07) is 16.9. The Morgan fingerprint density at radius 3 is 2.51 bits per heavy atom. The van der Waals surface area contributed by atoms with E-state index in [-0.39, 0.29) is 5.56 Å². The number of benzene rings is 2. The number of hydrogen-bond donors (Lipinski definition) is 0. The number of pyridine rings is 1. The Bertz CT molecular complexity index is 1310. The topological polar surface area (TPSA) is 37.7 Å². The van der Waals surface area contributed by atoms with Crippen molar-refractivity contribution in [1.29, 1.82) is 0 Å². The number of aromatic nitrogens is 1. The number of rotatable bonds is 6. The van der Waals surface area contributed by atoms with Gasteiger partial charge in [-0.25, -0.2) is 0 Å². The Balaban J connectivity index is 1.48. The van der Waals surface area contributed by atoms with E-state index in [1.165, 1.54) is 36.8 Å². The van der Waals surface area contributed by atoms with Crippen LogP contribution in [0.3, 0.4) is 0 Å². The summed E-state index contributed by atoms with van der Waals surface area (Å²) in [6.45, 7) is 10.0. The van der Waals surface area contributed by atoms with E-state index in [0.717, 1.165) is 46.6 Å². The first-order valence-corrected chi connectivity index (χ1v) is 12.8. The number of fused-ring (bicyclic) bond motifs is 1. The van der Waals surface area contributed by atoms with Crippen molar-refractivity contribution in [3.63, 3.8) is 0 Å². The molecule has 5 rings (SSSR count). The highest BCUT2D eigenvalue weighted by Crippen LogP contribution is 2.33. The number of aryl methyl sites for hydroxylation is 1. The first-order valence-electron chi connectivity index (χ1n) is 12.8. The summed E-state index contributed by atoms with van der Waals surface area (Å²) in [4.78, 5) is 17.3. The van der Waals surface area contributed by atoms with Gasteiger partial charge in [0.25, 0.3) is 5.56 Å². The molecule has 1 aliphatic carbocycles. The van der Waals surface area contributed by atoms with Gasteiger partial charge in [0.05, 0.1) is 24.4 Å². The number of morpholine rings is 1. The maximum absolute atomic E-state index is 12.9. The molecule has 0 N–H and O–H groups in total. The molecule has 0 saturated carbocycles. The van der Waals surface area contributed by atoms with Gasteiger partial charge < -0.3 is 19.1 Å². The zero-order valence-corrected chi connectivity index (χ0v) is 20.9. The van der Waals surface area contributed by atoms with Crippen LogP contribution in [0, 0.1) is 0 Å². The Hall–Kier alpha value is -3.31. The predicted octanol–water partition coefficient (Wildman–Crippen LogP) is 5.92. The van der Waals surface area contributed by atoms with Crippen molar-refractivity contribution < 1.29 is 4.74 Å². The Morgan fingerprint density at radius 2 is 1.83 bits per heavy atom. The number of hydrogen-bond acceptors (Lipinski definition) is 4. The molecule has 182 valence electrons. The highest BCUT2D eigenvalue weighted by atomic mass is 16.5. The third-order valence-corrected chi connectivity index (χ3v) is 7.41. The molecule has 0 bridgehead atoms. The third-order valence-electron chi connectivity index (χ3n) is 7.41. The minimum absolute atomic E-state index is 0.0418. The predicted molar refractivity (Wildman–Crippen MR) is 147 cm³/mol. The maximum Gasteiger partial charge on any atom is 0.253 e. The van der Waals surface area contributed by atoms with Crippen molar-refractivity contribution in [1.82, 2.24) is 4.57 Å². The van der Waals surface area contributed by atoms with Gasteiger partial charge in [-0.1, -0.05) is 36.9 Å². The van der Waals surface area contributed by atoms with Gasteiger partial charge in [-0.15, -0.1) is 0 Å². The van der Waals surface area contributed by atoms with Gasteiger partial charge in [0.1, 0.15) is 0 Å². The van der Waals surface area contributed by atoms with Crippen LogP contribution in [-0.2, 0) is 11.3 Å². The second kappa shape index (κ2) is 10.1. The highest BCUT2D eigenvalue weighted by Gasteiger charge is 2.18. The molecule has 0 spiro atoms. The molecule has 1 fully saturated rings. The average Bonchev–Trinajstić information content (AvgIpc) is 2.92. The molecule has 0 amide bonds. The fourth-order valence-electron chi connectivity index (χ4n) is 5.28. The van der Waals surface area contributed by atoms with Crippen molar-refractivity contribution >= 4 is 33.5 Å². The van der Waals surface area contributed by atoms with Crippen LogP contribution in [0.1, 0.15) is 43.7 Å². The smallest absolute Gasteiger partial charge is 0.253 e. The monoisotopic (exact) mass is 469 g/mol. The molecular formula is C30H35N3O2. The molecule has 1 aliphatic heterocycles. The molecule has 1 saturated heterocycles. The maximum atomic E-state index is 12.9. The van der Waals surface area contributed by atoms with Crippen LogP contribution in [0.25, 0.3) is 22.2 Å². The van der Waals surface area contributed by atoms with E-state index < -0.39 is 0 Å². The number of nitrogens with zero attached hydrogens (tertiary/aromatic N) is 3. The molecule has 0 unspecified atom stereocenters. The standard InChI is InChI=1S/C30H35N3O2/c1-4-33-28-15-14-26(20-27(28)29(21-30(33)34)32-16-18-35-19-17-32)31(3)22(2)23-10-12-25(13-11-23)24-8-6-5-7-9-24/h8,10-15,20-21H,2,4-7,9,16-19H2,1,3H3. The van der Waals surface area contributed by atoms with E-state index in [2.05, 4.69) is 72.0 Å². The molecule has 0 radical (unpaired) electrons. The molecule has 2 aromatic carbocycles. The van der Waals surface area contributed by atoms with Gasteiger partial charge in [0.15, 0.2) is 0 Å². The van der Waals surface area contributed by atoms with Gasteiger partial charge in [0, 0.05) is 49.5 Å². The van der Waals surface area contributed by atoms with E-state index in [0.29, 0.717) is 19.8 Å². The summed E-state index contributed by atoms with van der Waals surface area (Å²) in [5.74, 6) is 0. The molecule has 1 aromatic heterocycles. The van der Waals surface area contributed by atoms with Crippen LogP contribution in [0.5, 0.6) is 0 Å². The number of anilines is 2. The average molecular weight is 470 g/mol. The lowest BCUT2D eigenvalue weighted by Gasteiger charge is -2.31. The van der Waals surface area contributed by atoms with Crippen LogP contribution >= 0.6 is 0 Å². The van der Waals surface area contributed by atoms with E-state index in [1.807, 2.05) is 11.5 Å². The van der Waals surface area contributed by atoms with Gasteiger partial charge in [-0.3, -0.25) is 4.79 Å². The van der Waals surface area contributed by atoms with E-state index in [9.17, 15) is 4.79 Å². The molecule has 5 nitrogen and oxygen atoms in total. The normalized spacial score (nSPS) is 16.3. The van der Waals surface area contributed by atoms with Gasteiger partial charge in [-0.2, -0.15) is 0 Å². The van der Waals surface area contributed by atoms with Crippen LogP contribution < -0.4 is 15.4 Å². The summed E-state index contributed by atoms with van der Waals surface area (Å²) >= 11 is 0. The lowest BCUT2D eigenvalue weighted by molar-refractivity contribution is 0.123. The summed E-state index contributed by atoms with van der Waals surface area (Å²) in [5, 5.41) is 1.09. The third kappa shape index (κ3) is 4.65. The van der Waals surface area contributed by atoms with Crippen molar-refractivity contribution in [2.45, 2.75) is 39.2 Å². The van der Waals surface area contributed by atoms with E-state index in [4.69, 9.17) is 4.74 Å². The number of allylic oxidation sites excluding steroid dienone is 2. The molecule has 35 heavy (non-hydrogen) atoms. The molecule has 0 atom stereocenters. The highest BCUT2D eigenvalue weighted by molar-refractivity contribution is 5.95. The second-order valence-corrected chi connectivity index (χ2v) is 9.47. The van der Waals surface area contributed by atoms with Gasteiger partial charge >= 0.3 is 0 Å². The molecule has 3 aromatic rings. The summed E-state index contributed by atoms with van der Waals surface area (Å²) in [5.41, 5.74) is 7.90. The largest absolute Gasteiger partial charge is 0.378 e. The Labute approximate surface area is 207 Å². The SMILES string of the molecule is C=C(c1ccc(C2=CCCCC2)cc1)N(C)c1ccc2c(c1)c(N1CCOCC1)cc(=O)n2CC. The van der Waals surface area contributed by atoms with Crippen LogP contribution in [0.2, 0.25) is 0 Å². The van der Waals surface area contributed by atoms with Crippen LogP contribution in [0.15, 0.2) is 66.0 Å². The first-order chi connectivity index (χ1) is 17.1. The summed E-state index contributed by atoms with van der Waals surface area (Å²) in [6.07, 6.45) is 7.33. The quantitative estimate of drug-likeness (QED) is 0.449. The zero-order chi connectivity index (χ0) is 24.4. The van der Waals surface area contributed by atoms with Crippen LogP contribution in [0.4, 0.5) is 11.4 Å². The lowest BCUT2D eigenvalue weighted by Crippen LogP contribution is -2.37. The van der Waals surface area contributed by atoms with E-state index >= 15 is 0 Å². The van der Waals surface area contributed by atoms with Gasteiger partial charge in [-0.05, 0) is 67.5 Å². The van der Waals surface area contributed by atoms with Crippen molar-refractivity contribution in [3.8, 4) is 0 Å². The molecular weight excluding hydrogens is 434 g/mol. The van der Waals surface area contributed by atoms with E-state index in [1.54, 1.807) is 6.07 Å². The molecule has 2 aliphatic rings. The lowest BCUT2D eigenvalue weighted by atomic mass is 9.93. The number of ether oxygens (including phenoxy) is 1.